The number of aliphatic hydroxyl groups is 11. The lowest BCUT2D eigenvalue weighted by molar-refractivity contribution is -0.337. The molecule has 0 aromatic rings. The minimum Gasteiger partial charge on any atom is -0.432 e. The van der Waals surface area contributed by atoms with E-state index in [1.165, 1.54) is 0 Å². The first-order valence-electron chi connectivity index (χ1n) is 24.7. The summed E-state index contributed by atoms with van der Waals surface area (Å²) in [5.41, 5.74) is -2.24. The van der Waals surface area contributed by atoms with Gasteiger partial charge in [0.15, 0.2) is 6.29 Å². The number of esters is 1. The molecule has 2 heterocycles. The highest BCUT2D eigenvalue weighted by Crippen LogP contribution is 2.77. The van der Waals surface area contributed by atoms with Crippen molar-refractivity contribution in [1.82, 2.24) is 0 Å². The average Bonchev–Trinajstić information content (AvgIpc) is 3.70. The molecule has 6 saturated carbocycles. The third-order valence-electron chi connectivity index (χ3n) is 20.1. The van der Waals surface area contributed by atoms with E-state index >= 15 is 0 Å². The summed E-state index contributed by atoms with van der Waals surface area (Å²) in [5.74, 6) is -1.93. The van der Waals surface area contributed by atoms with Gasteiger partial charge in [0.05, 0.1) is 48.5 Å². The fourth-order valence-corrected chi connectivity index (χ4v) is 16.1. The average molecular weight is 955 g/mol. The van der Waals surface area contributed by atoms with Gasteiger partial charge in [-0.05, 0) is 123 Å². The second kappa shape index (κ2) is 18.4. The maximum absolute atomic E-state index is 15.0. The molecule has 8 fully saturated rings. The van der Waals surface area contributed by atoms with Crippen molar-refractivity contribution in [3.63, 3.8) is 0 Å². The largest absolute Gasteiger partial charge is 0.432 e. The van der Waals surface area contributed by atoms with Crippen LogP contribution in [0.1, 0.15) is 106 Å². The summed E-state index contributed by atoms with van der Waals surface area (Å²) < 4.78 is 29.5. The third kappa shape index (κ3) is 7.84. The van der Waals surface area contributed by atoms with Crippen molar-refractivity contribution < 1.29 is 89.4 Å². The Bertz CT molecular complexity index is 1840. The number of aliphatic hydroxyl groups excluding tert-OH is 11. The Labute approximate surface area is 392 Å². The Morgan fingerprint density at radius 3 is 2.04 bits per heavy atom. The number of aldehydes is 1. The van der Waals surface area contributed by atoms with Gasteiger partial charge in [0, 0.05) is 0 Å². The van der Waals surface area contributed by atoms with Gasteiger partial charge in [-0.3, -0.25) is 4.79 Å². The van der Waals surface area contributed by atoms with Crippen molar-refractivity contribution in [3.05, 3.63) is 12.2 Å². The summed E-state index contributed by atoms with van der Waals surface area (Å²) in [6.45, 7) is 15.3. The zero-order valence-electron chi connectivity index (χ0n) is 39.7. The minimum atomic E-state index is -1.87. The molecule has 0 spiro atoms. The predicted octanol–water partition coefficient (Wildman–Crippen LogP) is -0.163. The van der Waals surface area contributed by atoms with Crippen LogP contribution >= 0.6 is 0 Å². The molecule has 0 radical (unpaired) electrons. The Morgan fingerprint density at radius 2 is 1.39 bits per heavy atom. The van der Waals surface area contributed by atoms with Crippen LogP contribution in [0.2, 0.25) is 0 Å². The second-order valence-corrected chi connectivity index (χ2v) is 23.3. The molecule has 11 N–H and O–H groups in total. The van der Waals surface area contributed by atoms with E-state index < -0.39 is 139 Å². The zero-order chi connectivity index (χ0) is 49.1. The lowest BCUT2D eigenvalue weighted by atomic mass is 9.31. The van der Waals surface area contributed by atoms with Crippen LogP contribution in [0, 0.1) is 62.6 Å². The third-order valence-corrected chi connectivity index (χ3v) is 20.1. The Balaban J connectivity index is 0.979. The molecule has 382 valence electrons. The molecule has 8 aliphatic rings. The Kier molecular flexibility index (Phi) is 14.2. The fourth-order valence-electron chi connectivity index (χ4n) is 16.1. The molecule has 0 aromatic carbocycles. The monoisotopic (exact) mass is 955 g/mol. The van der Waals surface area contributed by atoms with E-state index in [2.05, 4.69) is 27.4 Å². The van der Waals surface area contributed by atoms with E-state index in [-0.39, 0.29) is 46.8 Å². The van der Waals surface area contributed by atoms with Crippen molar-refractivity contribution in [2.45, 2.75) is 204 Å². The van der Waals surface area contributed by atoms with Gasteiger partial charge in [0.25, 0.3) is 0 Å². The molecule has 67 heavy (non-hydrogen) atoms. The molecule has 0 unspecified atom stereocenters. The van der Waals surface area contributed by atoms with Crippen LogP contribution in [-0.4, -0.2) is 180 Å². The lowest BCUT2D eigenvalue weighted by Crippen LogP contribution is -2.70. The second-order valence-electron chi connectivity index (χ2n) is 23.3. The molecule has 0 amide bonds. The predicted molar refractivity (Wildman–Crippen MR) is 234 cm³/mol. The van der Waals surface area contributed by atoms with Gasteiger partial charge < -0.3 is 84.7 Å². The number of carbonyl (C=O) groups is 2. The molecule has 27 atom stereocenters. The van der Waals surface area contributed by atoms with Gasteiger partial charge in [-0.1, -0.05) is 46.8 Å². The van der Waals surface area contributed by atoms with Crippen LogP contribution in [0.25, 0.3) is 0 Å². The molecule has 6 aliphatic carbocycles. The molecular weight excluding hydrogens is 877 g/mol. The standard InChI is InChI=1S/C49H78O18/c1-21(2)23-8-13-49(15-14-47(6)24(31(23)49)17-25(52)41-45(4)11-10-30(53)46(5,20-51)29(45)9-12-48(41,47)7)44(62)67-43-38(60)36(58)34(56)28(66-43)19-63-42-39(61)37(59)40(27(18-50)65-42)64-26-16-22(3)32(54)35(57)33(26)55/h20,22-43,50,52-61H,1,8-19H2,2-7H3/t22-,23+,24-,25-,26-,27-,28-,29-,30-,31-,32+,33+,34+,35-,36+,37-,38-,39-,40-,41-,42-,43+,45+,46+,47-,48-,49+/m1/s1. The first-order chi connectivity index (χ1) is 31.4. The molecule has 8 rings (SSSR count). The summed E-state index contributed by atoms with van der Waals surface area (Å²) >= 11 is 0. The molecule has 2 saturated heterocycles. The molecule has 18 heteroatoms. The number of carbonyl (C=O) groups excluding carboxylic acids is 2. The van der Waals surface area contributed by atoms with Gasteiger partial charge in [-0.25, -0.2) is 0 Å². The number of hydrogen-bond acceptors (Lipinski definition) is 18. The van der Waals surface area contributed by atoms with Gasteiger partial charge in [0.2, 0.25) is 6.29 Å². The molecule has 2 aliphatic heterocycles. The number of allylic oxidation sites excluding steroid dienone is 1. The van der Waals surface area contributed by atoms with E-state index in [0.29, 0.717) is 44.9 Å². The Morgan fingerprint density at radius 1 is 0.731 bits per heavy atom. The van der Waals surface area contributed by atoms with Crippen molar-refractivity contribution in [2.75, 3.05) is 13.2 Å². The molecular formula is C49H78O18. The first-order valence-corrected chi connectivity index (χ1v) is 24.7. The van der Waals surface area contributed by atoms with Crippen LogP contribution in [0.3, 0.4) is 0 Å². The van der Waals surface area contributed by atoms with E-state index in [1.54, 1.807) is 6.92 Å². The minimum absolute atomic E-state index is 0.0869. The van der Waals surface area contributed by atoms with Crippen LogP contribution < -0.4 is 0 Å². The fraction of sp³-hybridized carbons (Fsp3) is 0.918. The van der Waals surface area contributed by atoms with Gasteiger partial charge in [0.1, 0.15) is 67.3 Å². The smallest absolute Gasteiger partial charge is 0.314 e. The van der Waals surface area contributed by atoms with E-state index in [9.17, 15) is 65.8 Å². The van der Waals surface area contributed by atoms with Gasteiger partial charge >= 0.3 is 5.97 Å². The Hall–Kier alpha value is -1.72. The first kappa shape index (κ1) is 51.6. The summed E-state index contributed by atoms with van der Waals surface area (Å²) in [6.07, 6.45) is -17.4. The van der Waals surface area contributed by atoms with Crippen molar-refractivity contribution in [2.24, 2.45) is 62.6 Å². The SMILES string of the molecule is C=C(C)[C@@H]1CC[C@]2(C(=O)O[C@@H]3O[C@H](CO[C@@H]4O[C@H](CO)[C@@H](O[C@@H]5C[C@@H](C)[C@H](O)[C@@H](O)[C@H]5O)[C@H](O)[C@H]4O)[C@H](O)[C@H](O)[C@H]3O)CC[C@]3(C)[C@H](C[C@@H](O)[C@@H]4[C@@]5(C)CC[C@@H](O)[C@@](C)(C=O)[C@@H]5CC[C@]43C)[C@@H]12. The number of ether oxygens (including phenoxy) is 5. The maximum atomic E-state index is 15.0. The highest BCUT2D eigenvalue weighted by Gasteiger charge is 2.74. The van der Waals surface area contributed by atoms with E-state index in [0.717, 1.165) is 24.7 Å². The molecule has 0 aromatic heterocycles. The lowest BCUT2D eigenvalue weighted by Gasteiger charge is -2.73. The highest BCUT2D eigenvalue weighted by atomic mass is 16.7. The van der Waals surface area contributed by atoms with Crippen molar-refractivity contribution in [3.8, 4) is 0 Å². The number of fused-ring (bicyclic) bond motifs is 7. The van der Waals surface area contributed by atoms with Crippen LogP contribution in [0.5, 0.6) is 0 Å². The highest BCUT2D eigenvalue weighted by molar-refractivity contribution is 5.78. The van der Waals surface area contributed by atoms with E-state index in [1.807, 2.05) is 13.8 Å². The summed E-state index contributed by atoms with van der Waals surface area (Å²) in [4.78, 5) is 27.7. The maximum Gasteiger partial charge on any atom is 0.314 e. The normalized spacial score (nSPS) is 56.4. The number of hydrogen-bond donors (Lipinski definition) is 11. The zero-order valence-corrected chi connectivity index (χ0v) is 39.7. The van der Waals surface area contributed by atoms with Crippen LogP contribution in [0.4, 0.5) is 0 Å². The van der Waals surface area contributed by atoms with Gasteiger partial charge in [-0.15, -0.1) is 0 Å². The molecule has 0 bridgehead atoms. The van der Waals surface area contributed by atoms with Crippen LogP contribution in [0.15, 0.2) is 12.2 Å². The van der Waals surface area contributed by atoms with Crippen LogP contribution in [-0.2, 0) is 33.3 Å². The van der Waals surface area contributed by atoms with Gasteiger partial charge in [-0.2, -0.15) is 0 Å². The summed E-state index contributed by atoms with van der Waals surface area (Å²) in [6, 6.07) is 0. The topological polar surface area (TPSA) is 303 Å². The quantitative estimate of drug-likeness (QED) is 0.0770. The summed E-state index contributed by atoms with van der Waals surface area (Å²) in [7, 11) is 0. The van der Waals surface area contributed by atoms with Crippen molar-refractivity contribution in [1.29, 1.82) is 0 Å². The van der Waals surface area contributed by atoms with E-state index in [4.69, 9.17) is 23.7 Å². The number of rotatable bonds is 10. The summed E-state index contributed by atoms with van der Waals surface area (Å²) in [5, 5.41) is 121. The van der Waals surface area contributed by atoms with Crippen molar-refractivity contribution >= 4 is 12.3 Å². The molecule has 18 nitrogen and oxygen atoms in total.